The number of hydrogen-bond acceptors (Lipinski definition) is 2. The molecule has 29 heavy (non-hydrogen) atoms. The number of aliphatic imine (C=N–C) groups is 2. The summed E-state index contributed by atoms with van der Waals surface area (Å²) in [7, 11) is 0. The number of nitrogens with zero attached hydrogens (tertiary/aromatic N) is 2. The second kappa shape index (κ2) is 8.49. The Morgan fingerprint density at radius 3 is 2.52 bits per heavy atom. The summed E-state index contributed by atoms with van der Waals surface area (Å²) >= 11 is 0. The lowest BCUT2D eigenvalue weighted by atomic mass is 9.65. The molecule has 1 unspecified atom stereocenters. The molecule has 0 fully saturated rings. The highest BCUT2D eigenvalue weighted by Gasteiger charge is 2.35. The number of amidine groups is 1. The van der Waals surface area contributed by atoms with Crippen LogP contribution in [0.15, 0.2) is 65.1 Å². The van der Waals surface area contributed by atoms with E-state index in [0.717, 1.165) is 23.5 Å². The molecule has 0 bridgehead atoms. The first-order valence-electron chi connectivity index (χ1n) is 11.1. The van der Waals surface area contributed by atoms with Gasteiger partial charge < -0.3 is 0 Å². The van der Waals surface area contributed by atoms with Crippen molar-refractivity contribution < 1.29 is 0 Å². The average molecular weight is 385 g/mol. The van der Waals surface area contributed by atoms with Crippen molar-refractivity contribution in [2.75, 3.05) is 6.54 Å². The van der Waals surface area contributed by atoms with Crippen molar-refractivity contribution in [3.05, 3.63) is 77.4 Å². The highest BCUT2D eigenvalue weighted by molar-refractivity contribution is 6.17. The third-order valence-electron chi connectivity index (χ3n) is 6.47. The van der Waals surface area contributed by atoms with Crippen molar-refractivity contribution in [1.82, 2.24) is 0 Å². The molecule has 0 spiro atoms. The van der Waals surface area contributed by atoms with Crippen LogP contribution in [0.25, 0.3) is 5.57 Å². The highest BCUT2D eigenvalue weighted by Crippen LogP contribution is 2.47. The van der Waals surface area contributed by atoms with Gasteiger partial charge in [-0.2, -0.15) is 0 Å². The molecule has 0 radical (unpaired) electrons. The number of fused-ring (bicyclic) bond motifs is 1. The summed E-state index contributed by atoms with van der Waals surface area (Å²) in [5.41, 5.74) is 7.88. The van der Waals surface area contributed by atoms with Gasteiger partial charge in [-0.1, -0.05) is 82.2 Å². The second-order valence-electron chi connectivity index (χ2n) is 8.75. The van der Waals surface area contributed by atoms with Crippen LogP contribution in [0, 0.1) is 5.41 Å². The lowest BCUT2D eigenvalue weighted by Crippen LogP contribution is -2.28. The average Bonchev–Trinajstić information content (AvgIpc) is 3.23. The molecule has 1 aliphatic carbocycles. The Morgan fingerprint density at radius 2 is 1.76 bits per heavy atom. The van der Waals surface area contributed by atoms with Crippen LogP contribution in [0.1, 0.15) is 74.6 Å². The standard InChI is InChI=1S/C27H32N2/c1-4-6-15-27(14-5-2)17-20(3)24-16-22(12-13-23(24)18-27)25-19-28-26(29-25)21-10-8-7-9-11-21/h7-13,16H,3-6,14-15,17-19H2,1-2H3. The van der Waals surface area contributed by atoms with E-state index < -0.39 is 0 Å². The molecule has 1 heterocycles. The maximum absolute atomic E-state index is 4.84. The van der Waals surface area contributed by atoms with Gasteiger partial charge in [0.25, 0.3) is 0 Å². The fourth-order valence-corrected chi connectivity index (χ4v) is 5.06. The van der Waals surface area contributed by atoms with E-state index in [-0.39, 0.29) is 0 Å². The molecule has 0 saturated carbocycles. The minimum atomic E-state index is 0.408. The predicted molar refractivity (Wildman–Crippen MR) is 125 cm³/mol. The first-order chi connectivity index (χ1) is 14.1. The zero-order chi connectivity index (χ0) is 20.3. The van der Waals surface area contributed by atoms with E-state index in [1.165, 1.54) is 60.8 Å². The number of unbranched alkanes of at least 4 members (excludes halogenated alkanes) is 1. The third kappa shape index (κ3) is 4.12. The topological polar surface area (TPSA) is 24.7 Å². The molecule has 1 atom stereocenters. The normalized spacial score (nSPS) is 21.0. The van der Waals surface area contributed by atoms with Crippen LogP contribution >= 0.6 is 0 Å². The molecule has 1 aliphatic heterocycles. The van der Waals surface area contributed by atoms with Gasteiger partial charge in [-0.3, -0.25) is 4.99 Å². The molecule has 2 aliphatic rings. The van der Waals surface area contributed by atoms with Crippen molar-refractivity contribution >= 4 is 17.1 Å². The molecular formula is C27H32N2. The quantitative estimate of drug-likeness (QED) is 0.497. The Kier molecular flexibility index (Phi) is 5.80. The summed E-state index contributed by atoms with van der Waals surface area (Å²) in [6.45, 7) is 9.78. The van der Waals surface area contributed by atoms with E-state index in [1.54, 1.807) is 0 Å². The van der Waals surface area contributed by atoms with E-state index in [4.69, 9.17) is 4.99 Å². The molecule has 2 heteroatoms. The molecule has 0 N–H and O–H groups in total. The van der Waals surface area contributed by atoms with Crippen LogP contribution < -0.4 is 0 Å². The third-order valence-corrected chi connectivity index (χ3v) is 6.47. The summed E-state index contributed by atoms with van der Waals surface area (Å²) in [6.07, 6.45) is 8.78. The summed E-state index contributed by atoms with van der Waals surface area (Å²) in [5.74, 6) is 0.846. The summed E-state index contributed by atoms with van der Waals surface area (Å²) in [5, 5.41) is 0. The Bertz CT molecular complexity index is 952. The summed E-state index contributed by atoms with van der Waals surface area (Å²) in [6, 6.07) is 17.1. The fraction of sp³-hybridized carbons (Fsp3) is 0.407. The van der Waals surface area contributed by atoms with Crippen molar-refractivity contribution in [2.45, 2.75) is 58.8 Å². The van der Waals surface area contributed by atoms with Gasteiger partial charge in [0.2, 0.25) is 0 Å². The monoisotopic (exact) mass is 384 g/mol. The maximum atomic E-state index is 4.84. The van der Waals surface area contributed by atoms with Gasteiger partial charge in [0.15, 0.2) is 5.84 Å². The van der Waals surface area contributed by atoms with E-state index in [2.05, 4.69) is 55.8 Å². The lowest BCUT2D eigenvalue weighted by Gasteiger charge is -2.40. The van der Waals surface area contributed by atoms with Gasteiger partial charge in [0, 0.05) is 5.56 Å². The predicted octanol–water partition coefficient (Wildman–Crippen LogP) is 6.87. The Morgan fingerprint density at radius 1 is 0.931 bits per heavy atom. The summed E-state index contributed by atoms with van der Waals surface area (Å²) in [4.78, 5) is 9.50. The largest absolute Gasteiger partial charge is 0.260 e. The zero-order valence-corrected chi connectivity index (χ0v) is 17.9. The number of allylic oxidation sites excluding steroid dienone is 1. The Hall–Kier alpha value is -2.48. The van der Waals surface area contributed by atoms with Crippen LogP contribution in [0.2, 0.25) is 0 Å². The van der Waals surface area contributed by atoms with Crippen molar-refractivity contribution in [1.29, 1.82) is 0 Å². The number of benzene rings is 2. The molecule has 4 rings (SSSR count). The first-order valence-corrected chi connectivity index (χ1v) is 11.1. The zero-order valence-electron chi connectivity index (χ0n) is 17.9. The van der Waals surface area contributed by atoms with Crippen molar-refractivity contribution in [3.8, 4) is 0 Å². The van der Waals surface area contributed by atoms with E-state index in [0.29, 0.717) is 12.0 Å². The van der Waals surface area contributed by atoms with Gasteiger partial charge >= 0.3 is 0 Å². The SMILES string of the molecule is C=C1CC(CCC)(CCCC)Cc2ccc(C3=NC(c4ccccc4)=NC3)cc21. The molecule has 2 aromatic rings. The molecule has 150 valence electrons. The van der Waals surface area contributed by atoms with Gasteiger partial charge in [-0.25, -0.2) is 4.99 Å². The molecule has 0 saturated heterocycles. The minimum absolute atomic E-state index is 0.408. The highest BCUT2D eigenvalue weighted by atomic mass is 15.0. The smallest absolute Gasteiger partial charge is 0.155 e. The van der Waals surface area contributed by atoms with E-state index in [9.17, 15) is 0 Å². The molecule has 2 aromatic carbocycles. The second-order valence-corrected chi connectivity index (χ2v) is 8.75. The van der Waals surface area contributed by atoms with Crippen molar-refractivity contribution in [2.24, 2.45) is 15.4 Å². The molecule has 2 nitrogen and oxygen atoms in total. The molecule has 0 amide bonds. The van der Waals surface area contributed by atoms with Gasteiger partial charge in [0.1, 0.15) is 0 Å². The van der Waals surface area contributed by atoms with E-state index in [1.807, 2.05) is 18.2 Å². The first kappa shape index (κ1) is 19.8. The number of hydrogen-bond donors (Lipinski definition) is 0. The van der Waals surface area contributed by atoms with E-state index >= 15 is 0 Å². The fourth-order valence-electron chi connectivity index (χ4n) is 5.06. The van der Waals surface area contributed by atoms with Crippen LogP contribution in [0.4, 0.5) is 0 Å². The van der Waals surface area contributed by atoms with Crippen LogP contribution in [0.3, 0.4) is 0 Å². The molecular weight excluding hydrogens is 352 g/mol. The van der Waals surface area contributed by atoms with Crippen LogP contribution in [-0.2, 0) is 6.42 Å². The van der Waals surface area contributed by atoms with Crippen LogP contribution in [0.5, 0.6) is 0 Å². The molecule has 0 aromatic heterocycles. The van der Waals surface area contributed by atoms with Crippen LogP contribution in [-0.4, -0.2) is 18.1 Å². The summed E-state index contributed by atoms with van der Waals surface area (Å²) < 4.78 is 0. The Labute approximate surface area is 175 Å². The van der Waals surface area contributed by atoms with Gasteiger partial charge in [-0.05, 0) is 59.4 Å². The van der Waals surface area contributed by atoms with Crippen molar-refractivity contribution in [3.63, 3.8) is 0 Å². The lowest BCUT2D eigenvalue weighted by molar-refractivity contribution is 0.228. The van der Waals surface area contributed by atoms with Gasteiger partial charge in [-0.15, -0.1) is 0 Å². The maximum Gasteiger partial charge on any atom is 0.155 e. The number of rotatable bonds is 7. The van der Waals surface area contributed by atoms with Gasteiger partial charge in [0.05, 0.1) is 12.3 Å². The minimum Gasteiger partial charge on any atom is -0.260 e. The Balaban J connectivity index is 1.59.